The van der Waals surface area contributed by atoms with Gasteiger partial charge in [-0.25, -0.2) is 14.6 Å². The topological polar surface area (TPSA) is 160 Å². The largest absolute Gasteiger partial charge is 0.478 e. The van der Waals surface area contributed by atoms with E-state index in [1.807, 2.05) is 4.90 Å². The number of ether oxygens (including phenoxy) is 1. The van der Waals surface area contributed by atoms with Crippen molar-refractivity contribution in [2.45, 2.75) is 45.3 Å². The summed E-state index contributed by atoms with van der Waals surface area (Å²) in [6, 6.07) is 5.96. The second-order valence-corrected chi connectivity index (χ2v) is 8.74. The molecule has 0 radical (unpaired) electrons. The van der Waals surface area contributed by atoms with Crippen molar-refractivity contribution in [1.82, 2.24) is 15.3 Å². The number of aromatic carboxylic acids is 1. The first-order valence-corrected chi connectivity index (χ1v) is 10.5. The van der Waals surface area contributed by atoms with E-state index < -0.39 is 23.6 Å². The summed E-state index contributed by atoms with van der Waals surface area (Å²) in [7, 11) is 0. The van der Waals surface area contributed by atoms with Gasteiger partial charge in [-0.05, 0) is 51.8 Å². The SMILES string of the molecule is CC(C)(C)OC(=O)N[C@H]1CCCN(c2ncc(C(N)=O)c(Nc3cccc(C(=O)O)c3)n2)C1. The van der Waals surface area contributed by atoms with Crippen LogP contribution in [0.1, 0.15) is 54.3 Å². The van der Waals surface area contributed by atoms with Crippen LogP contribution < -0.4 is 21.3 Å². The van der Waals surface area contributed by atoms with E-state index in [0.717, 1.165) is 12.8 Å². The fourth-order valence-electron chi connectivity index (χ4n) is 3.42. The molecule has 2 heterocycles. The number of amides is 2. The zero-order chi connectivity index (χ0) is 24.2. The number of carbonyl (C=O) groups is 3. The van der Waals surface area contributed by atoms with E-state index in [-0.39, 0.29) is 23.0 Å². The highest BCUT2D eigenvalue weighted by atomic mass is 16.6. The highest BCUT2D eigenvalue weighted by Gasteiger charge is 2.26. The monoisotopic (exact) mass is 456 g/mol. The van der Waals surface area contributed by atoms with Crippen LogP contribution >= 0.6 is 0 Å². The maximum absolute atomic E-state index is 12.1. The van der Waals surface area contributed by atoms with E-state index >= 15 is 0 Å². The van der Waals surface area contributed by atoms with E-state index in [1.54, 1.807) is 32.9 Å². The first-order valence-electron chi connectivity index (χ1n) is 10.5. The van der Waals surface area contributed by atoms with Gasteiger partial charge in [-0.1, -0.05) is 6.07 Å². The quantitative estimate of drug-likeness (QED) is 0.512. The number of hydrogen-bond acceptors (Lipinski definition) is 8. The molecule has 11 heteroatoms. The summed E-state index contributed by atoms with van der Waals surface area (Å²) < 4.78 is 5.33. The van der Waals surface area contributed by atoms with Gasteiger partial charge >= 0.3 is 12.1 Å². The molecule has 0 saturated carbocycles. The van der Waals surface area contributed by atoms with Crippen LogP contribution in [0.5, 0.6) is 0 Å². The molecule has 3 rings (SSSR count). The second-order valence-electron chi connectivity index (χ2n) is 8.74. The molecule has 0 aliphatic carbocycles. The lowest BCUT2D eigenvalue weighted by Gasteiger charge is -2.33. The van der Waals surface area contributed by atoms with Crippen molar-refractivity contribution < 1.29 is 24.2 Å². The van der Waals surface area contributed by atoms with Crippen LogP contribution in [0.3, 0.4) is 0 Å². The summed E-state index contributed by atoms with van der Waals surface area (Å²) in [5.74, 6) is -1.28. The van der Waals surface area contributed by atoms with E-state index in [0.29, 0.717) is 24.7 Å². The Bertz CT molecular complexity index is 1050. The number of aromatic nitrogens is 2. The van der Waals surface area contributed by atoms with Crippen molar-refractivity contribution >= 4 is 35.4 Å². The Kier molecular flexibility index (Phi) is 7.00. The number of carboxylic acid groups (broad SMARTS) is 1. The molecule has 0 spiro atoms. The molecule has 11 nitrogen and oxygen atoms in total. The lowest BCUT2D eigenvalue weighted by molar-refractivity contribution is 0.0499. The van der Waals surface area contributed by atoms with Crippen molar-refractivity contribution in [2.75, 3.05) is 23.3 Å². The molecule has 0 unspecified atom stereocenters. The smallest absolute Gasteiger partial charge is 0.407 e. The average Bonchev–Trinajstić information content (AvgIpc) is 2.72. The van der Waals surface area contributed by atoms with E-state index in [2.05, 4.69) is 20.6 Å². The number of primary amides is 1. The van der Waals surface area contributed by atoms with Gasteiger partial charge in [0.15, 0.2) is 0 Å². The summed E-state index contributed by atoms with van der Waals surface area (Å²) >= 11 is 0. The number of nitrogens with zero attached hydrogens (tertiary/aromatic N) is 3. The Morgan fingerprint density at radius 3 is 2.70 bits per heavy atom. The van der Waals surface area contributed by atoms with Crippen LogP contribution in [0, 0.1) is 0 Å². The van der Waals surface area contributed by atoms with Crippen molar-refractivity contribution in [2.24, 2.45) is 5.73 Å². The normalized spacial score (nSPS) is 16.1. The summed E-state index contributed by atoms with van der Waals surface area (Å²) in [6.07, 6.45) is 2.42. The number of carbonyl (C=O) groups excluding carboxylic acids is 2. The molecule has 0 bridgehead atoms. The third-order valence-corrected chi connectivity index (χ3v) is 4.84. The highest BCUT2D eigenvalue weighted by molar-refractivity contribution is 5.98. The zero-order valence-electron chi connectivity index (χ0n) is 18.8. The Morgan fingerprint density at radius 2 is 2.03 bits per heavy atom. The van der Waals surface area contributed by atoms with E-state index in [9.17, 15) is 19.5 Å². The molecular formula is C22H28N6O5. The van der Waals surface area contributed by atoms with Crippen LogP contribution in [0.4, 0.5) is 22.2 Å². The minimum atomic E-state index is -1.08. The molecule has 1 atom stereocenters. The fourth-order valence-corrected chi connectivity index (χ4v) is 3.42. The standard InChI is InChI=1S/C22H28N6O5/c1-22(2,3)33-21(32)26-15-8-5-9-28(12-15)20-24-11-16(17(23)29)18(27-20)25-14-7-4-6-13(10-14)19(30)31/h4,6-7,10-11,15H,5,8-9,12H2,1-3H3,(H2,23,29)(H,26,32)(H,30,31)(H,24,25,27)/t15-/m0/s1. The summed E-state index contributed by atoms with van der Waals surface area (Å²) in [5, 5.41) is 15.0. The van der Waals surface area contributed by atoms with Crippen molar-refractivity contribution in [3.63, 3.8) is 0 Å². The number of alkyl carbamates (subject to hydrolysis) is 1. The molecule has 2 amide bonds. The third-order valence-electron chi connectivity index (χ3n) is 4.84. The zero-order valence-corrected chi connectivity index (χ0v) is 18.8. The van der Waals surface area contributed by atoms with Gasteiger partial charge in [-0.15, -0.1) is 0 Å². The minimum Gasteiger partial charge on any atom is -0.478 e. The molecular weight excluding hydrogens is 428 g/mol. The second kappa shape index (κ2) is 9.72. The number of rotatable bonds is 6. The van der Waals surface area contributed by atoms with Gasteiger partial charge in [0.2, 0.25) is 5.95 Å². The van der Waals surface area contributed by atoms with Gasteiger partial charge in [-0.2, -0.15) is 4.98 Å². The number of piperidine rings is 1. The Morgan fingerprint density at radius 1 is 1.27 bits per heavy atom. The minimum absolute atomic E-state index is 0.0694. The molecule has 2 aromatic rings. The lowest BCUT2D eigenvalue weighted by Crippen LogP contribution is -2.49. The number of nitrogens with two attached hydrogens (primary N) is 1. The first kappa shape index (κ1) is 23.8. The average molecular weight is 457 g/mol. The maximum atomic E-state index is 12.1. The van der Waals surface area contributed by atoms with Crippen molar-refractivity contribution in [1.29, 1.82) is 0 Å². The summed E-state index contributed by atoms with van der Waals surface area (Å²) in [5.41, 5.74) is 5.47. The highest BCUT2D eigenvalue weighted by Crippen LogP contribution is 2.24. The number of nitrogens with one attached hydrogen (secondary N) is 2. The van der Waals surface area contributed by atoms with Crippen molar-refractivity contribution in [3.05, 3.63) is 41.6 Å². The van der Waals surface area contributed by atoms with Crippen LogP contribution in [0.25, 0.3) is 0 Å². The molecule has 176 valence electrons. The molecule has 1 saturated heterocycles. The number of anilines is 3. The summed E-state index contributed by atoms with van der Waals surface area (Å²) in [4.78, 5) is 45.9. The molecule has 1 aromatic heterocycles. The number of benzene rings is 1. The molecule has 1 aromatic carbocycles. The van der Waals surface area contributed by atoms with Gasteiger partial charge in [0.1, 0.15) is 17.0 Å². The molecule has 1 fully saturated rings. The number of carboxylic acids is 1. The van der Waals surface area contributed by atoms with E-state index in [1.165, 1.54) is 18.3 Å². The van der Waals surface area contributed by atoms with E-state index in [4.69, 9.17) is 10.5 Å². The van der Waals surface area contributed by atoms with Gasteiger partial charge in [0.05, 0.1) is 5.56 Å². The first-order chi connectivity index (χ1) is 15.5. The van der Waals surface area contributed by atoms with Crippen LogP contribution in [0.15, 0.2) is 30.5 Å². The molecule has 1 aliphatic heterocycles. The van der Waals surface area contributed by atoms with Gasteiger partial charge in [-0.3, -0.25) is 4.79 Å². The molecule has 33 heavy (non-hydrogen) atoms. The van der Waals surface area contributed by atoms with Gasteiger partial charge in [0, 0.05) is 31.0 Å². The van der Waals surface area contributed by atoms with Crippen molar-refractivity contribution in [3.8, 4) is 0 Å². The van der Waals surface area contributed by atoms with Crippen LogP contribution in [-0.4, -0.2) is 57.8 Å². The fraction of sp³-hybridized carbons (Fsp3) is 0.409. The summed E-state index contributed by atoms with van der Waals surface area (Å²) in [6.45, 7) is 6.52. The predicted octanol–water partition coefficient (Wildman–Crippen LogP) is 2.51. The maximum Gasteiger partial charge on any atom is 0.407 e. The van der Waals surface area contributed by atoms with Gasteiger partial charge < -0.3 is 31.1 Å². The lowest BCUT2D eigenvalue weighted by atomic mass is 10.1. The molecule has 5 N–H and O–H groups in total. The van der Waals surface area contributed by atoms with Crippen LogP contribution in [-0.2, 0) is 4.74 Å². The Labute approximate surface area is 191 Å². The van der Waals surface area contributed by atoms with Gasteiger partial charge in [0.25, 0.3) is 5.91 Å². The molecule has 1 aliphatic rings. The predicted molar refractivity (Wildman–Crippen MR) is 122 cm³/mol. The Balaban J connectivity index is 1.79. The third kappa shape index (κ3) is 6.55. The Hall–Kier alpha value is -3.89. The number of hydrogen-bond donors (Lipinski definition) is 4. The van der Waals surface area contributed by atoms with Crippen LogP contribution in [0.2, 0.25) is 0 Å².